The molecule has 31 heavy (non-hydrogen) atoms. The van der Waals surface area contributed by atoms with Crippen molar-refractivity contribution in [2.75, 3.05) is 23.4 Å². The molecule has 1 amide bonds. The zero-order valence-electron chi connectivity index (χ0n) is 18.5. The first-order valence-corrected chi connectivity index (χ1v) is 10.3. The normalized spacial score (nSPS) is 11.2. The Morgan fingerprint density at radius 3 is 2.45 bits per heavy atom. The van der Waals surface area contributed by atoms with E-state index in [4.69, 9.17) is 4.74 Å². The molecule has 1 aromatic carbocycles. The van der Waals surface area contributed by atoms with Crippen LogP contribution in [0, 0.1) is 0 Å². The average molecular weight is 425 g/mol. The second-order valence-electron chi connectivity index (χ2n) is 7.73. The number of anilines is 2. The first kappa shape index (κ1) is 22.2. The van der Waals surface area contributed by atoms with Crippen LogP contribution in [0.1, 0.15) is 56.6 Å². The Labute approximate surface area is 181 Å². The molecular formula is C22H28N6O3. The van der Waals surface area contributed by atoms with Gasteiger partial charge in [-0.2, -0.15) is 10.1 Å². The van der Waals surface area contributed by atoms with Gasteiger partial charge >= 0.3 is 5.97 Å². The summed E-state index contributed by atoms with van der Waals surface area (Å²) >= 11 is 0. The Hall–Kier alpha value is -3.49. The lowest BCUT2D eigenvalue weighted by molar-refractivity contribution is -0.119. The fourth-order valence-electron chi connectivity index (χ4n) is 3.50. The Morgan fingerprint density at radius 1 is 1.13 bits per heavy atom. The Kier molecular flexibility index (Phi) is 6.84. The molecule has 3 rings (SSSR count). The van der Waals surface area contributed by atoms with E-state index in [-0.39, 0.29) is 11.5 Å². The second-order valence-corrected chi connectivity index (χ2v) is 7.73. The van der Waals surface area contributed by atoms with E-state index in [1.807, 2.05) is 38.1 Å². The third-order valence-electron chi connectivity index (χ3n) is 4.89. The van der Waals surface area contributed by atoms with Gasteiger partial charge in [0.05, 0.1) is 11.3 Å². The first-order chi connectivity index (χ1) is 14.8. The molecule has 9 nitrogen and oxygen atoms in total. The van der Waals surface area contributed by atoms with Crippen LogP contribution < -0.4 is 10.2 Å². The zero-order valence-corrected chi connectivity index (χ0v) is 18.5. The highest BCUT2D eigenvalue weighted by molar-refractivity contribution is 5.96. The van der Waals surface area contributed by atoms with Crippen molar-refractivity contribution in [2.24, 2.45) is 0 Å². The maximum Gasteiger partial charge on any atom is 0.342 e. The van der Waals surface area contributed by atoms with Crippen molar-refractivity contribution in [3.8, 4) is 0 Å². The summed E-state index contributed by atoms with van der Waals surface area (Å²) in [6, 6.07) is 7.96. The number of nitrogens with one attached hydrogen (secondary N) is 1. The summed E-state index contributed by atoms with van der Waals surface area (Å²) in [4.78, 5) is 35.3. The van der Waals surface area contributed by atoms with Crippen LogP contribution in [0.25, 0.3) is 5.78 Å². The van der Waals surface area contributed by atoms with Gasteiger partial charge in [-0.15, -0.1) is 0 Å². The molecule has 0 saturated heterocycles. The summed E-state index contributed by atoms with van der Waals surface area (Å²) in [5, 5.41) is 6.87. The van der Waals surface area contributed by atoms with Crippen LogP contribution in [0.15, 0.2) is 36.8 Å². The fraction of sp³-hybridized carbons (Fsp3) is 0.409. The quantitative estimate of drug-likeness (QED) is 0.554. The number of hydrogen-bond acceptors (Lipinski definition) is 7. The fourth-order valence-corrected chi connectivity index (χ4v) is 3.50. The molecule has 0 saturated carbocycles. The minimum atomic E-state index is -0.630. The first-order valence-electron chi connectivity index (χ1n) is 10.3. The molecule has 0 aliphatic rings. The number of amides is 1. The maximum absolute atomic E-state index is 12.6. The van der Waals surface area contributed by atoms with Gasteiger partial charge in [0.25, 0.3) is 11.7 Å². The number of carbonyl (C=O) groups is 2. The summed E-state index contributed by atoms with van der Waals surface area (Å²) in [6.45, 7) is 10.7. The Morgan fingerprint density at radius 2 is 1.84 bits per heavy atom. The lowest BCUT2D eigenvalue weighted by atomic mass is 10.1. The van der Waals surface area contributed by atoms with Crippen molar-refractivity contribution in [2.45, 2.75) is 46.6 Å². The van der Waals surface area contributed by atoms with E-state index in [2.05, 4.69) is 46.1 Å². The summed E-state index contributed by atoms with van der Waals surface area (Å²) in [5.41, 5.74) is 2.62. The molecule has 164 valence electrons. The summed E-state index contributed by atoms with van der Waals surface area (Å²) in [6.07, 6.45) is 2.79. The van der Waals surface area contributed by atoms with E-state index in [0.29, 0.717) is 23.2 Å². The summed E-state index contributed by atoms with van der Waals surface area (Å²) < 4.78 is 6.74. The molecule has 9 heteroatoms. The number of nitrogens with zero attached hydrogens (tertiary/aromatic N) is 5. The molecule has 1 N–H and O–H groups in total. The minimum absolute atomic E-state index is 0.0179. The zero-order chi connectivity index (χ0) is 22.5. The highest BCUT2D eigenvalue weighted by Crippen LogP contribution is 2.21. The lowest BCUT2D eigenvalue weighted by Gasteiger charge is -2.27. The van der Waals surface area contributed by atoms with Gasteiger partial charge in [0.15, 0.2) is 6.61 Å². The highest BCUT2D eigenvalue weighted by Gasteiger charge is 2.21. The predicted octanol–water partition coefficient (Wildman–Crippen LogP) is 3.28. The molecule has 3 aromatic rings. The lowest BCUT2D eigenvalue weighted by Crippen LogP contribution is -2.30. The predicted molar refractivity (Wildman–Crippen MR) is 118 cm³/mol. The van der Waals surface area contributed by atoms with Crippen molar-refractivity contribution in [1.29, 1.82) is 0 Å². The molecular weight excluding hydrogens is 396 g/mol. The largest absolute Gasteiger partial charge is 0.452 e. The molecule has 2 heterocycles. The Bertz CT molecular complexity index is 1060. The SMILES string of the molecule is CCN(c1ccc(NC(=O)COC(=O)c2cnc3ncnn3c2C(C)C)cc1)C(C)C. The van der Waals surface area contributed by atoms with Gasteiger partial charge in [-0.25, -0.2) is 14.3 Å². The Balaban J connectivity index is 1.63. The van der Waals surface area contributed by atoms with Crippen molar-refractivity contribution in [1.82, 2.24) is 19.6 Å². The molecule has 0 fully saturated rings. The van der Waals surface area contributed by atoms with Crippen molar-refractivity contribution >= 4 is 29.0 Å². The number of esters is 1. The van der Waals surface area contributed by atoms with E-state index in [1.165, 1.54) is 17.0 Å². The monoisotopic (exact) mass is 424 g/mol. The number of fused-ring (bicyclic) bond motifs is 1. The summed E-state index contributed by atoms with van der Waals surface area (Å²) in [5.74, 6) is -0.663. The van der Waals surface area contributed by atoms with Gasteiger partial charge in [-0.3, -0.25) is 4.79 Å². The van der Waals surface area contributed by atoms with Crippen molar-refractivity contribution in [3.63, 3.8) is 0 Å². The van der Waals surface area contributed by atoms with Crippen LogP contribution in [-0.2, 0) is 9.53 Å². The van der Waals surface area contributed by atoms with Gasteiger partial charge in [-0.1, -0.05) is 13.8 Å². The second kappa shape index (κ2) is 9.55. The van der Waals surface area contributed by atoms with Gasteiger partial charge in [0.1, 0.15) is 6.33 Å². The molecule has 0 aliphatic carbocycles. The van der Waals surface area contributed by atoms with Gasteiger partial charge in [0.2, 0.25) is 0 Å². The standard InChI is InChI=1S/C22H28N6O3/c1-6-27(15(4)5)17-9-7-16(8-10-17)26-19(29)12-31-21(30)18-11-23-22-24-13-25-28(22)20(18)14(2)3/h7-11,13-15H,6,12H2,1-5H3,(H,26,29). The number of aromatic nitrogens is 4. The third kappa shape index (κ3) is 4.99. The van der Waals surface area contributed by atoms with Crippen LogP contribution in [-0.4, -0.2) is 50.7 Å². The highest BCUT2D eigenvalue weighted by atomic mass is 16.5. The van der Waals surface area contributed by atoms with Crippen LogP contribution in [0.3, 0.4) is 0 Å². The van der Waals surface area contributed by atoms with E-state index < -0.39 is 18.5 Å². The van der Waals surface area contributed by atoms with E-state index in [1.54, 1.807) is 0 Å². The van der Waals surface area contributed by atoms with Gasteiger partial charge in [0, 0.05) is 30.2 Å². The molecule has 0 spiro atoms. The average Bonchev–Trinajstić information content (AvgIpc) is 3.21. The molecule has 0 radical (unpaired) electrons. The molecule has 0 bridgehead atoms. The molecule has 0 aliphatic heterocycles. The molecule has 0 atom stereocenters. The van der Waals surface area contributed by atoms with Crippen LogP contribution in [0.2, 0.25) is 0 Å². The number of benzene rings is 1. The molecule has 0 unspecified atom stereocenters. The summed E-state index contributed by atoms with van der Waals surface area (Å²) in [7, 11) is 0. The van der Waals surface area contributed by atoms with Crippen molar-refractivity contribution in [3.05, 3.63) is 48.0 Å². The smallest absolute Gasteiger partial charge is 0.342 e. The topological polar surface area (TPSA) is 102 Å². The van der Waals surface area contributed by atoms with Crippen LogP contribution >= 0.6 is 0 Å². The van der Waals surface area contributed by atoms with E-state index >= 15 is 0 Å². The van der Waals surface area contributed by atoms with E-state index in [0.717, 1.165) is 12.2 Å². The molecule has 2 aromatic heterocycles. The van der Waals surface area contributed by atoms with E-state index in [9.17, 15) is 9.59 Å². The van der Waals surface area contributed by atoms with Crippen LogP contribution in [0.4, 0.5) is 11.4 Å². The number of ether oxygens (including phenoxy) is 1. The number of carbonyl (C=O) groups excluding carboxylic acids is 2. The third-order valence-corrected chi connectivity index (χ3v) is 4.89. The number of hydrogen-bond donors (Lipinski definition) is 1. The minimum Gasteiger partial charge on any atom is -0.452 e. The van der Waals surface area contributed by atoms with Crippen molar-refractivity contribution < 1.29 is 14.3 Å². The van der Waals surface area contributed by atoms with Gasteiger partial charge in [-0.05, 0) is 51.0 Å². The maximum atomic E-state index is 12.6. The number of rotatable bonds is 8. The van der Waals surface area contributed by atoms with Crippen LogP contribution in [0.5, 0.6) is 0 Å². The van der Waals surface area contributed by atoms with Gasteiger partial charge < -0.3 is 15.0 Å².